The molecule has 2 aromatic heterocycles. The number of hydrogen-bond donors (Lipinski definition) is 3. The molecule has 2 amide bonds. The van der Waals surface area contributed by atoms with Crippen LogP contribution in [0.25, 0.3) is 0 Å². The second-order valence-corrected chi connectivity index (χ2v) is 12.6. The zero-order chi connectivity index (χ0) is 27.6. The van der Waals surface area contributed by atoms with E-state index < -0.39 is 16.1 Å². The Balaban J connectivity index is 1.20. The van der Waals surface area contributed by atoms with Crippen molar-refractivity contribution in [3.05, 3.63) is 60.0 Å². The number of ether oxygens (including phenoxy) is 1. The second kappa shape index (κ2) is 11.3. The molecule has 0 saturated carbocycles. The van der Waals surface area contributed by atoms with E-state index in [4.69, 9.17) is 22.1 Å². The first-order chi connectivity index (χ1) is 18.7. The number of pyridine rings is 1. The highest BCUT2D eigenvalue weighted by Crippen LogP contribution is 2.42. The molecule has 0 bridgehead atoms. The summed E-state index contributed by atoms with van der Waals surface area (Å²) in [4.78, 5) is 28.1. The molecule has 0 radical (unpaired) electrons. The van der Waals surface area contributed by atoms with Gasteiger partial charge in [0.05, 0.1) is 35.8 Å². The molecule has 2 aliphatic heterocycles. The fraction of sp³-hybridized carbons (Fsp3) is 0.360. The van der Waals surface area contributed by atoms with Crippen molar-refractivity contribution in [1.82, 2.24) is 19.7 Å². The topological polar surface area (TPSA) is 152 Å². The number of piperidine rings is 1. The zero-order valence-corrected chi connectivity index (χ0v) is 23.5. The summed E-state index contributed by atoms with van der Waals surface area (Å²) in [6.07, 6.45) is 6.72. The predicted molar refractivity (Wildman–Crippen MR) is 148 cm³/mol. The molecule has 206 valence electrons. The summed E-state index contributed by atoms with van der Waals surface area (Å²) < 4.78 is 32.5. The van der Waals surface area contributed by atoms with E-state index in [0.29, 0.717) is 16.5 Å². The van der Waals surface area contributed by atoms with E-state index >= 15 is 0 Å². The van der Waals surface area contributed by atoms with Crippen molar-refractivity contribution >= 4 is 50.9 Å². The van der Waals surface area contributed by atoms with Crippen molar-refractivity contribution in [2.75, 3.05) is 29.9 Å². The van der Waals surface area contributed by atoms with Gasteiger partial charge in [0.25, 0.3) is 10.0 Å². The number of urea groups is 1. The van der Waals surface area contributed by atoms with Gasteiger partial charge in [-0.05, 0) is 44.0 Å². The van der Waals surface area contributed by atoms with E-state index in [2.05, 4.69) is 25.2 Å². The third kappa shape index (κ3) is 5.97. The van der Waals surface area contributed by atoms with Crippen molar-refractivity contribution in [3.8, 4) is 0 Å². The maximum atomic E-state index is 12.4. The van der Waals surface area contributed by atoms with E-state index in [1.54, 1.807) is 36.7 Å². The average molecular weight is 590 g/mol. The molecule has 1 aromatic carbocycles. The summed E-state index contributed by atoms with van der Waals surface area (Å²) in [5.74, 6) is 0.794. The SMILES string of the molecule is C[C@@H]1OCC2(CCN(c3cnc(Sc4cccc(NC(=O)NS(=O)(=O)c5ccccn5)c4Cl)cn3)CC2)[C@@H]1N. The number of anilines is 2. The summed E-state index contributed by atoms with van der Waals surface area (Å²) in [7, 11) is -4.13. The molecule has 2 aliphatic rings. The maximum Gasteiger partial charge on any atom is 0.333 e. The van der Waals surface area contributed by atoms with Crippen molar-refractivity contribution in [2.24, 2.45) is 11.1 Å². The van der Waals surface area contributed by atoms with Crippen LogP contribution in [0.15, 0.2) is 69.9 Å². The maximum absolute atomic E-state index is 12.4. The molecule has 39 heavy (non-hydrogen) atoms. The van der Waals surface area contributed by atoms with Crippen molar-refractivity contribution in [2.45, 2.75) is 46.9 Å². The van der Waals surface area contributed by atoms with Gasteiger partial charge in [0.15, 0.2) is 5.03 Å². The summed E-state index contributed by atoms with van der Waals surface area (Å²) in [5, 5.41) is 3.07. The molecule has 0 unspecified atom stereocenters. The number of amides is 2. The highest BCUT2D eigenvalue weighted by Gasteiger charge is 2.47. The number of aromatic nitrogens is 3. The smallest absolute Gasteiger partial charge is 0.333 e. The number of nitrogens with two attached hydrogens (primary N) is 1. The van der Waals surface area contributed by atoms with E-state index in [1.165, 1.54) is 30.1 Å². The van der Waals surface area contributed by atoms with Gasteiger partial charge in [-0.15, -0.1) is 0 Å². The molecule has 11 nitrogen and oxygen atoms in total. The minimum Gasteiger partial charge on any atom is -0.376 e. The third-order valence-corrected chi connectivity index (χ3v) is 9.86. The first-order valence-electron chi connectivity index (χ1n) is 12.3. The molecule has 5 rings (SSSR count). The fourth-order valence-electron chi connectivity index (χ4n) is 4.81. The Hall–Kier alpha value is -2.97. The highest BCUT2D eigenvalue weighted by atomic mass is 35.5. The van der Waals surface area contributed by atoms with Gasteiger partial charge < -0.3 is 20.7 Å². The Labute approximate surface area is 236 Å². The highest BCUT2D eigenvalue weighted by molar-refractivity contribution is 7.99. The van der Waals surface area contributed by atoms with E-state index in [0.717, 1.165) is 31.7 Å². The monoisotopic (exact) mass is 589 g/mol. The zero-order valence-electron chi connectivity index (χ0n) is 21.1. The number of carbonyl (C=O) groups is 1. The number of nitrogens with zero attached hydrogens (tertiary/aromatic N) is 4. The third-order valence-electron chi connectivity index (χ3n) is 7.11. The van der Waals surface area contributed by atoms with Crippen LogP contribution in [0.3, 0.4) is 0 Å². The first-order valence-corrected chi connectivity index (χ1v) is 15.0. The number of hydrogen-bond acceptors (Lipinski definition) is 10. The van der Waals surface area contributed by atoms with Crippen LogP contribution in [-0.2, 0) is 14.8 Å². The van der Waals surface area contributed by atoms with Crippen LogP contribution in [-0.4, -0.2) is 61.2 Å². The number of carbonyl (C=O) groups excluding carboxylic acids is 1. The Morgan fingerprint density at radius 3 is 2.59 bits per heavy atom. The molecule has 3 aromatic rings. The van der Waals surface area contributed by atoms with E-state index in [-0.39, 0.29) is 33.3 Å². The van der Waals surface area contributed by atoms with Gasteiger partial charge in [-0.3, -0.25) is 0 Å². The van der Waals surface area contributed by atoms with Crippen molar-refractivity contribution < 1.29 is 17.9 Å². The van der Waals surface area contributed by atoms with Gasteiger partial charge in [0.1, 0.15) is 10.8 Å². The Bertz CT molecular complexity index is 1440. The lowest BCUT2D eigenvalue weighted by Crippen LogP contribution is -2.50. The molecule has 0 aliphatic carbocycles. The van der Waals surface area contributed by atoms with Gasteiger partial charge in [0, 0.05) is 35.6 Å². The molecule has 2 fully saturated rings. The minimum absolute atomic E-state index is 0.0362. The summed E-state index contributed by atoms with van der Waals surface area (Å²) in [6, 6.07) is 8.50. The van der Waals surface area contributed by atoms with Crippen molar-refractivity contribution in [3.63, 3.8) is 0 Å². The lowest BCUT2D eigenvalue weighted by molar-refractivity contribution is 0.0974. The number of sulfonamides is 1. The molecule has 14 heteroatoms. The van der Waals surface area contributed by atoms with Crippen molar-refractivity contribution in [1.29, 1.82) is 0 Å². The van der Waals surface area contributed by atoms with Gasteiger partial charge in [-0.1, -0.05) is 35.5 Å². The predicted octanol–water partition coefficient (Wildman–Crippen LogP) is 3.52. The summed E-state index contributed by atoms with van der Waals surface area (Å²) in [5.41, 5.74) is 6.70. The van der Waals surface area contributed by atoms with Gasteiger partial charge in [-0.25, -0.2) is 24.5 Å². The molecule has 4 N–H and O–H groups in total. The minimum atomic E-state index is -4.13. The average Bonchev–Trinajstić information content (AvgIpc) is 3.20. The standard InChI is InChI=1S/C25H28ClN7O4S2/c1-16-23(27)25(15-37-16)8-11-33(12-9-25)19-13-30-20(14-29-19)38-18-6-4-5-17(22(18)26)31-24(34)32-39(35,36)21-7-2-3-10-28-21/h2-7,10,13-14,16,23H,8-9,11-12,15,27H2,1H3,(H2,31,32,34)/t16-,23+/m0/s1. The Morgan fingerprint density at radius 2 is 1.95 bits per heavy atom. The van der Waals surface area contributed by atoms with Gasteiger partial charge in [-0.2, -0.15) is 8.42 Å². The van der Waals surface area contributed by atoms with Crippen LogP contribution in [0.1, 0.15) is 19.8 Å². The molecule has 1 spiro atoms. The van der Waals surface area contributed by atoms with Gasteiger partial charge in [0.2, 0.25) is 0 Å². The van der Waals surface area contributed by atoms with Crippen LogP contribution in [0.2, 0.25) is 5.02 Å². The molecule has 2 atom stereocenters. The van der Waals surface area contributed by atoms with Crippen LogP contribution >= 0.6 is 23.4 Å². The van der Waals surface area contributed by atoms with Crippen LogP contribution in [0.5, 0.6) is 0 Å². The van der Waals surface area contributed by atoms with Gasteiger partial charge >= 0.3 is 6.03 Å². The largest absolute Gasteiger partial charge is 0.376 e. The fourth-order valence-corrected chi connectivity index (χ4v) is 6.73. The lowest BCUT2D eigenvalue weighted by Gasteiger charge is -2.41. The Morgan fingerprint density at radius 1 is 1.15 bits per heavy atom. The number of nitrogens with one attached hydrogen (secondary N) is 2. The van der Waals surface area contributed by atoms with E-state index in [9.17, 15) is 13.2 Å². The Kier molecular flexibility index (Phi) is 7.96. The second-order valence-electron chi connectivity index (χ2n) is 9.55. The molecule has 4 heterocycles. The first kappa shape index (κ1) is 27.6. The number of rotatable bonds is 6. The lowest BCUT2D eigenvalue weighted by atomic mass is 9.73. The normalized spacial score (nSPS) is 20.6. The number of halogens is 1. The summed E-state index contributed by atoms with van der Waals surface area (Å²) >= 11 is 7.80. The molecule has 2 saturated heterocycles. The van der Waals surface area contributed by atoms with E-state index in [1.807, 2.05) is 11.6 Å². The number of benzene rings is 1. The molecular weight excluding hydrogens is 562 g/mol. The quantitative estimate of drug-likeness (QED) is 0.389. The van der Waals surface area contributed by atoms with Crippen LogP contribution < -0.4 is 20.7 Å². The van der Waals surface area contributed by atoms with Crippen LogP contribution in [0, 0.1) is 5.41 Å². The molecular formula is C25H28ClN7O4S2. The summed E-state index contributed by atoms with van der Waals surface area (Å²) in [6.45, 7) is 4.42. The van der Waals surface area contributed by atoms with Crippen LogP contribution in [0.4, 0.5) is 16.3 Å².